The number of carbonyl (C=O) groups excluding carboxylic acids is 1. The summed E-state index contributed by atoms with van der Waals surface area (Å²) < 4.78 is 11.1. The molecule has 170 valence electrons. The highest BCUT2D eigenvalue weighted by atomic mass is 16.5. The van der Waals surface area contributed by atoms with E-state index >= 15 is 0 Å². The molecule has 2 aliphatic rings. The molecule has 1 fully saturated rings. The molecule has 5 rings (SSSR count). The van der Waals surface area contributed by atoms with Gasteiger partial charge in [0, 0.05) is 18.0 Å². The van der Waals surface area contributed by atoms with Crippen LogP contribution in [0.3, 0.4) is 0 Å². The number of ether oxygens (including phenoxy) is 1. The zero-order valence-electron chi connectivity index (χ0n) is 19.3. The standard InChI is InChI=1S/C26H28N4O3/c1-16-5-6-20(13-17(16)2)22-14-24-26(31)29(11-12-30(24)28-22)15-23-18(3)33-25(27-23)19-7-9-21(32-4)10-8-19/h5-13,22,24,28H,14-15H2,1-4H3. The summed E-state index contributed by atoms with van der Waals surface area (Å²) in [5.41, 5.74) is 8.83. The molecule has 1 aromatic heterocycles. The summed E-state index contributed by atoms with van der Waals surface area (Å²) >= 11 is 0. The quantitative estimate of drug-likeness (QED) is 0.629. The molecule has 2 aromatic carbocycles. The highest BCUT2D eigenvalue weighted by Crippen LogP contribution is 2.32. The minimum Gasteiger partial charge on any atom is -0.497 e. The van der Waals surface area contributed by atoms with Crippen LogP contribution in [0.25, 0.3) is 11.5 Å². The maximum absolute atomic E-state index is 13.3. The number of methoxy groups -OCH3 is 1. The molecule has 1 N–H and O–H groups in total. The fourth-order valence-electron chi connectivity index (χ4n) is 4.36. The summed E-state index contributed by atoms with van der Waals surface area (Å²) in [6.45, 7) is 6.49. The summed E-state index contributed by atoms with van der Waals surface area (Å²) in [4.78, 5) is 19.7. The zero-order valence-corrected chi connectivity index (χ0v) is 19.3. The Hall–Kier alpha value is -3.58. The Morgan fingerprint density at radius 1 is 1.09 bits per heavy atom. The third-order valence-electron chi connectivity index (χ3n) is 6.56. The first-order valence-corrected chi connectivity index (χ1v) is 11.1. The van der Waals surface area contributed by atoms with Crippen molar-refractivity contribution in [2.24, 2.45) is 0 Å². The van der Waals surface area contributed by atoms with E-state index in [-0.39, 0.29) is 18.0 Å². The van der Waals surface area contributed by atoms with Crippen molar-refractivity contribution in [2.75, 3.05) is 7.11 Å². The Morgan fingerprint density at radius 2 is 1.88 bits per heavy atom. The highest BCUT2D eigenvalue weighted by molar-refractivity contribution is 5.84. The Labute approximate surface area is 193 Å². The molecule has 2 aliphatic heterocycles. The monoisotopic (exact) mass is 444 g/mol. The molecular formula is C26H28N4O3. The van der Waals surface area contributed by atoms with E-state index in [1.165, 1.54) is 16.7 Å². The van der Waals surface area contributed by atoms with E-state index in [9.17, 15) is 4.79 Å². The van der Waals surface area contributed by atoms with E-state index in [1.807, 2.05) is 48.6 Å². The van der Waals surface area contributed by atoms with Gasteiger partial charge in [0.15, 0.2) is 0 Å². The molecule has 3 aromatic rings. The molecule has 7 heteroatoms. The number of nitrogens with zero attached hydrogens (tertiary/aromatic N) is 3. The number of benzene rings is 2. The molecule has 3 heterocycles. The molecule has 0 spiro atoms. The average Bonchev–Trinajstić information content (AvgIpc) is 3.42. The number of aryl methyl sites for hydroxylation is 3. The fourth-order valence-corrected chi connectivity index (χ4v) is 4.36. The number of amides is 1. The summed E-state index contributed by atoms with van der Waals surface area (Å²) in [6.07, 6.45) is 4.47. The Bertz CT molecular complexity index is 1210. The average molecular weight is 445 g/mol. The number of carbonyl (C=O) groups is 1. The van der Waals surface area contributed by atoms with Crippen LogP contribution in [0.1, 0.15) is 40.6 Å². The Kier molecular flexibility index (Phi) is 5.42. The third kappa shape index (κ3) is 4.00. The van der Waals surface area contributed by atoms with Crippen molar-refractivity contribution >= 4 is 5.91 Å². The minimum atomic E-state index is -0.241. The number of oxazole rings is 1. The number of fused-ring (bicyclic) bond motifs is 1. The van der Waals surface area contributed by atoms with Gasteiger partial charge in [0.05, 0.1) is 19.7 Å². The predicted molar refractivity (Wildman–Crippen MR) is 125 cm³/mol. The molecule has 1 amide bonds. The van der Waals surface area contributed by atoms with Crippen LogP contribution in [-0.2, 0) is 11.3 Å². The van der Waals surface area contributed by atoms with E-state index in [1.54, 1.807) is 12.0 Å². The van der Waals surface area contributed by atoms with Crippen molar-refractivity contribution in [1.82, 2.24) is 20.3 Å². The summed E-state index contributed by atoms with van der Waals surface area (Å²) in [6, 6.07) is 13.9. The van der Waals surface area contributed by atoms with E-state index in [4.69, 9.17) is 9.15 Å². The molecule has 0 saturated carbocycles. The number of hydrogen-bond acceptors (Lipinski definition) is 6. The van der Waals surface area contributed by atoms with E-state index in [2.05, 4.69) is 42.5 Å². The molecule has 2 unspecified atom stereocenters. The van der Waals surface area contributed by atoms with Gasteiger partial charge in [-0.1, -0.05) is 18.2 Å². The lowest BCUT2D eigenvalue weighted by Gasteiger charge is -2.31. The normalized spacial score (nSPS) is 19.8. The second kappa shape index (κ2) is 8.41. The second-order valence-electron chi connectivity index (χ2n) is 8.70. The lowest BCUT2D eigenvalue weighted by Crippen LogP contribution is -2.47. The largest absolute Gasteiger partial charge is 0.497 e. The maximum atomic E-state index is 13.3. The number of aromatic nitrogens is 1. The molecule has 0 aliphatic carbocycles. The maximum Gasteiger partial charge on any atom is 0.251 e. The second-order valence-corrected chi connectivity index (χ2v) is 8.70. The first-order chi connectivity index (χ1) is 15.9. The van der Waals surface area contributed by atoms with Gasteiger partial charge in [-0.3, -0.25) is 4.79 Å². The topological polar surface area (TPSA) is 70.8 Å². The van der Waals surface area contributed by atoms with E-state index in [0.29, 0.717) is 18.2 Å². The van der Waals surface area contributed by atoms with Crippen molar-refractivity contribution < 1.29 is 13.9 Å². The van der Waals surface area contributed by atoms with Crippen LogP contribution in [0.4, 0.5) is 0 Å². The fraction of sp³-hybridized carbons (Fsp3) is 0.308. The van der Waals surface area contributed by atoms with Crippen LogP contribution >= 0.6 is 0 Å². The molecule has 0 radical (unpaired) electrons. The van der Waals surface area contributed by atoms with Gasteiger partial charge in [-0.05, 0) is 68.1 Å². The zero-order chi connectivity index (χ0) is 23.1. The van der Waals surface area contributed by atoms with Crippen molar-refractivity contribution in [1.29, 1.82) is 0 Å². The van der Waals surface area contributed by atoms with E-state index < -0.39 is 0 Å². The van der Waals surface area contributed by atoms with Gasteiger partial charge in [0.2, 0.25) is 5.89 Å². The van der Waals surface area contributed by atoms with Crippen molar-refractivity contribution in [2.45, 2.75) is 45.8 Å². The Morgan fingerprint density at radius 3 is 2.61 bits per heavy atom. The molecule has 2 atom stereocenters. The highest BCUT2D eigenvalue weighted by Gasteiger charge is 2.40. The number of hydrazine groups is 1. The summed E-state index contributed by atoms with van der Waals surface area (Å²) in [7, 11) is 1.64. The first-order valence-electron chi connectivity index (χ1n) is 11.1. The number of rotatable bonds is 5. The molecule has 1 saturated heterocycles. The van der Waals surface area contributed by atoms with Gasteiger partial charge >= 0.3 is 0 Å². The number of hydrogen-bond donors (Lipinski definition) is 1. The van der Waals surface area contributed by atoms with Crippen LogP contribution < -0.4 is 10.2 Å². The first kappa shape index (κ1) is 21.3. The van der Waals surface area contributed by atoms with Gasteiger partial charge in [0.1, 0.15) is 23.2 Å². The molecule has 0 bridgehead atoms. The van der Waals surface area contributed by atoms with Gasteiger partial charge in [-0.15, -0.1) is 0 Å². The van der Waals surface area contributed by atoms with E-state index in [0.717, 1.165) is 23.4 Å². The summed E-state index contributed by atoms with van der Waals surface area (Å²) in [5, 5.41) is 1.93. The van der Waals surface area contributed by atoms with Crippen molar-refractivity contribution in [3.05, 3.63) is 83.0 Å². The van der Waals surface area contributed by atoms with Crippen LogP contribution in [0.2, 0.25) is 0 Å². The molecular weight excluding hydrogens is 416 g/mol. The van der Waals surface area contributed by atoms with Crippen LogP contribution in [0.15, 0.2) is 59.3 Å². The SMILES string of the molecule is COc1ccc(-c2nc(CN3C=CN4NC(c5ccc(C)c(C)c5)CC4C3=O)c(C)o2)cc1. The number of nitrogens with one attached hydrogen (secondary N) is 1. The predicted octanol–water partition coefficient (Wildman–Crippen LogP) is 4.41. The van der Waals surface area contributed by atoms with Crippen molar-refractivity contribution in [3.8, 4) is 17.2 Å². The third-order valence-corrected chi connectivity index (χ3v) is 6.56. The minimum absolute atomic E-state index is 0.0599. The summed E-state index contributed by atoms with van der Waals surface area (Å²) in [5.74, 6) is 2.09. The van der Waals surface area contributed by atoms with Crippen LogP contribution in [0.5, 0.6) is 5.75 Å². The molecule has 7 nitrogen and oxygen atoms in total. The van der Waals surface area contributed by atoms with Crippen LogP contribution in [-0.4, -0.2) is 34.0 Å². The van der Waals surface area contributed by atoms with Gasteiger partial charge in [-0.2, -0.15) is 0 Å². The lowest BCUT2D eigenvalue weighted by atomic mass is 9.97. The lowest BCUT2D eigenvalue weighted by molar-refractivity contribution is -0.135. The van der Waals surface area contributed by atoms with Gasteiger partial charge in [0.25, 0.3) is 5.91 Å². The van der Waals surface area contributed by atoms with Gasteiger partial charge < -0.3 is 19.1 Å². The molecule has 33 heavy (non-hydrogen) atoms. The van der Waals surface area contributed by atoms with Crippen molar-refractivity contribution in [3.63, 3.8) is 0 Å². The van der Waals surface area contributed by atoms with Gasteiger partial charge in [-0.25, -0.2) is 10.4 Å². The smallest absolute Gasteiger partial charge is 0.251 e. The Balaban J connectivity index is 1.30. The van der Waals surface area contributed by atoms with Crippen LogP contribution in [0, 0.1) is 20.8 Å².